The number of phenols is 1. The van der Waals surface area contributed by atoms with E-state index in [0.717, 1.165) is 29.9 Å². The number of phenolic OH excluding ortho intramolecular Hbond substituents is 1. The van der Waals surface area contributed by atoms with Gasteiger partial charge >= 0.3 is 0 Å². The standard InChI is InChI=1S/C24H25N3O2/c1-3-27(4-2)22-15-14-21(23(28)16-22)17-25-26-24(29)20-12-10-19(11-13-20)18-8-6-5-7-9-18/h5-17,28H,3-4H2,1-2H3,(H,26,29)/b25-17+. The summed E-state index contributed by atoms with van der Waals surface area (Å²) in [6, 6.07) is 22.8. The fourth-order valence-corrected chi connectivity index (χ4v) is 3.10. The van der Waals surface area contributed by atoms with Gasteiger partial charge in [0.1, 0.15) is 5.75 Å². The first kappa shape index (κ1) is 20.1. The molecule has 0 heterocycles. The first-order valence-electron chi connectivity index (χ1n) is 9.69. The molecule has 0 aliphatic heterocycles. The smallest absolute Gasteiger partial charge is 0.271 e. The first-order valence-corrected chi connectivity index (χ1v) is 9.69. The summed E-state index contributed by atoms with van der Waals surface area (Å²) in [5.41, 5.74) is 6.66. The van der Waals surface area contributed by atoms with Gasteiger partial charge in [-0.15, -0.1) is 0 Å². The molecular weight excluding hydrogens is 362 g/mol. The summed E-state index contributed by atoms with van der Waals surface area (Å²) in [6.45, 7) is 5.86. The van der Waals surface area contributed by atoms with Gasteiger partial charge in [-0.1, -0.05) is 42.5 Å². The Bertz CT molecular complexity index is 979. The van der Waals surface area contributed by atoms with E-state index in [0.29, 0.717) is 11.1 Å². The normalized spacial score (nSPS) is 10.8. The van der Waals surface area contributed by atoms with Crippen molar-refractivity contribution in [3.63, 3.8) is 0 Å². The summed E-state index contributed by atoms with van der Waals surface area (Å²) in [6.07, 6.45) is 1.44. The zero-order chi connectivity index (χ0) is 20.6. The topological polar surface area (TPSA) is 64.9 Å². The molecule has 0 unspecified atom stereocenters. The zero-order valence-corrected chi connectivity index (χ0v) is 16.7. The molecule has 0 aliphatic carbocycles. The van der Waals surface area contributed by atoms with E-state index < -0.39 is 0 Å². The molecule has 3 rings (SSSR count). The number of carbonyl (C=O) groups is 1. The fourth-order valence-electron chi connectivity index (χ4n) is 3.10. The minimum absolute atomic E-state index is 0.125. The van der Waals surface area contributed by atoms with Crippen molar-refractivity contribution in [2.45, 2.75) is 13.8 Å². The van der Waals surface area contributed by atoms with Crippen molar-refractivity contribution in [2.75, 3.05) is 18.0 Å². The molecule has 0 aliphatic rings. The van der Waals surface area contributed by atoms with Crippen molar-refractivity contribution in [3.05, 3.63) is 83.9 Å². The number of aromatic hydroxyl groups is 1. The van der Waals surface area contributed by atoms with E-state index in [9.17, 15) is 9.90 Å². The van der Waals surface area contributed by atoms with Gasteiger partial charge in [0.05, 0.1) is 6.21 Å². The van der Waals surface area contributed by atoms with Crippen molar-refractivity contribution < 1.29 is 9.90 Å². The number of hydrogen-bond acceptors (Lipinski definition) is 4. The molecule has 5 heteroatoms. The third kappa shape index (κ3) is 5.02. The third-order valence-electron chi connectivity index (χ3n) is 4.77. The lowest BCUT2D eigenvalue weighted by atomic mass is 10.0. The highest BCUT2D eigenvalue weighted by molar-refractivity contribution is 5.95. The number of carbonyl (C=O) groups excluding carboxylic acids is 1. The van der Waals surface area contributed by atoms with Crippen LogP contribution < -0.4 is 10.3 Å². The molecule has 0 atom stereocenters. The maximum Gasteiger partial charge on any atom is 0.271 e. The van der Waals surface area contributed by atoms with Gasteiger partial charge in [0.25, 0.3) is 5.91 Å². The van der Waals surface area contributed by atoms with E-state index in [1.807, 2.05) is 48.5 Å². The summed E-state index contributed by atoms with van der Waals surface area (Å²) in [5, 5.41) is 14.2. The predicted molar refractivity (Wildman–Crippen MR) is 119 cm³/mol. The monoisotopic (exact) mass is 387 g/mol. The van der Waals surface area contributed by atoms with Crippen molar-refractivity contribution in [2.24, 2.45) is 5.10 Å². The van der Waals surface area contributed by atoms with Crippen LogP contribution in [0.1, 0.15) is 29.8 Å². The molecule has 1 amide bonds. The third-order valence-corrected chi connectivity index (χ3v) is 4.77. The Labute approximate surface area is 171 Å². The molecule has 0 radical (unpaired) electrons. The van der Waals surface area contributed by atoms with Gasteiger partial charge < -0.3 is 10.0 Å². The number of nitrogens with one attached hydrogen (secondary N) is 1. The van der Waals surface area contributed by atoms with Gasteiger partial charge in [-0.3, -0.25) is 4.79 Å². The predicted octanol–water partition coefficient (Wildman–Crippen LogP) is 4.67. The summed E-state index contributed by atoms with van der Waals surface area (Å²) in [4.78, 5) is 14.4. The second-order valence-corrected chi connectivity index (χ2v) is 6.56. The van der Waals surface area contributed by atoms with Crippen molar-refractivity contribution in [1.82, 2.24) is 5.43 Å². The lowest BCUT2D eigenvalue weighted by Crippen LogP contribution is -2.21. The highest BCUT2D eigenvalue weighted by atomic mass is 16.3. The Hall–Kier alpha value is -3.60. The summed E-state index contributed by atoms with van der Waals surface area (Å²) in [5.74, 6) is -0.181. The SMILES string of the molecule is CCN(CC)c1ccc(/C=N/NC(=O)c2ccc(-c3ccccc3)cc2)c(O)c1. The number of amides is 1. The Morgan fingerprint density at radius 2 is 1.62 bits per heavy atom. The van der Waals surface area contributed by atoms with Gasteiger partial charge in [0.2, 0.25) is 0 Å². The average molecular weight is 387 g/mol. The van der Waals surface area contributed by atoms with Gasteiger partial charge in [-0.2, -0.15) is 5.10 Å². The molecule has 0 saturated carbocycles. The van der Waals surface area contributed by atoms with Crippen molar-refractivity contribution in [3.8, 4) is 16.9 Å². The van der Waals surface area contributed by atoms with Crippen LogP contribution in [0.4, 0.5) is 5.69 Å². The van der Waals surface area contributed by atoms with E-state index in [-0.39, 0.29) is 11.7 Å². The van der Waals surface area contributed by atoms with E-state index >= 15 is 0 Å². The first-order chi connectivity index (χ1) is 14.1. The maximum absolute atomic E-state index is 12.3. The van der Waals surface area contributed by atoms with Crippen LogP contribution in [-0.4, -0.2) is 30.3 Å². The van der Waals surface area contributed by atoms with Crippen molar-refractivity contribution >= 4 is 17.8 Å². The number of rotatable bonds is 7. The van der Waals surface area contributed by atoms with Gasteiger partial charge in [-0.05, 0) is 49.2 Å². The second-order valence-electron chi connectivity index (χ2n) is 6.56. The van der Waals surface area contributed by atoms with Crippen LogP contribution in [0.2, 0.25) is 0 Å². The Morgan fingerprint density at radius 3 is 2.24 bits per heavy atom. The Kier molecular flexibility index (Phi) is 6.63. The van der Waals surface area contributed by atoms with Crippen molar-refractivity contribution in [1.29, 1.82) is 0 Å². The Morgan fingerprint density at radius 1 is 0.966 bits per heavy atom. The van der Waals surface area contributed by atoms with Gasteiger partial charge in [0, 0.05) is 36.0 Å². The summed E-state index contributed by atoms with van der Waals surface area (Å²) in [7, 11) is 0. The molecule has 0 fully saturated rings. The average Bonchev–Trinajstić information content (AvgIpc) is 2.76. The molecule has 2 N–H and O–H groups in total. The highest BCUT2D eigenvalue weighted by Crippen LogP contribution is 2.23. The quantitative estimate of drug-likeness (QED) is 0.457. The highest BCUT2D eigenvalue weighted by Gasteiger charge is 2.07. The van der Waals surface area contributed by atoms with Crippen LogP contribution in [-0.2, 0) is 0 Å². The van der Waals surface area contributed by atoms with Crippen LogP contribution in [0.5, 0.6) is 5.75 Å². The molecule has 148 valence electrons. The lowest BCUT2D eigenvalue weighted by molar-refractivity contribution is 0.0955. The van der Waals surface area contributed by atoms with E-state index in [1.54, 1.807) is 24.3 Å². The number of anilines is 1. The van der Waals surface area contributed by atoms with Crippen LogP contribution in [0.15, 0.2) is 77.9 Å². The molecule has 5 nitrogen and oxygen atoms in total. The number of hydrogen-bond donors (Lipinski definition) is 2. The molecular formula is C24H25N3O2. The van der Waals surface area contributed by atoms with Gasteiger partial charge in [-0.25, -0.2) is 5.43 Å². The van der Waals surface area contributed by atoms with Crippen LogP contribution in [0.3, 0.4) is 0 Å². The fraction of sp³-hybridized carbons (Fsp3) is 0.167. The number of nitrogens with zero attached hydrogens (tertiary/aromatic N) is 2. The number of benzene rings is 3. The van der Waals surface area contributed by atoms with Crippen LogP contribution in [0.25, 0.3) is 11.1 Å². The summed E-state index contributed by atoms with van der Waals surface area (Å²) < 4.78 is 0. The Balaban J connectivity index is 1.64. The van der Waals surface area contributed by atoms with E-state index in [1.165, 1.54) is 6.21 Å². The minimum Gasteiger partial charge on any atom is -0.507 e. The zero-order valence-electron chi connectivity index (χ0n) is 16.7. The van der Waals surface area contributed by atoms with E-state index in [2.05, 4.69) is 29.3 Å². The van der Waals surface area contributed by atoms with Crippen LogP contribution in [0, 0.1) is 0 Å². The molecule has 0 saturated heterocycles. The minimum atomic E-state index is -0.305. The molecule has 0 bridgehead atoms. The molecule has 3 aromatic carbocycles. The van der Waals surface area contributed by atoms with Crippen LogP contribution >= 0.6 is 0 Å². The lowest BCUT2D eigenvalue weighted by Gasteiger charge is -2.21. The van der Waals surface area contributed by atoms with Gasteiger partial charge in [0.15, 0.2) is 0 Å². The van der Waals surface area contributed by atoms with E-state index in [4.69, 9.17) is 0 Å². The number of hydrazone groups is 1. The second kappa shape index (κ2) is 9.55. The molecule has 29 heavy (non-hydrogen) atoms. The summed E-state index contributed by atoms with van der Waals surface area (Å²) >= 11 is 0. The molecule has 3 aromatic rings. The molecule has 0 spiro atoms. The molecule has 0 aromatic heterocycles. The maximum atomic E-state index is 12.3. The largest absolute Gasteiger partial charge is 0.507 e.